The summed E-state index contributed by atoms with van der Waals surface area (Å²) in [4.78, 5) is 5.21. The largest absolute Gasteiger partial charge is 0.339 e. The van der Waals surface area contributed by atoms with Crippen molar-refractivity contribution in [3.63, 3.8) is 0 Å². The van der Waals surface area contributed by atoms with Gasteiger partial charge in [0.2, 0.25) is 5.89 Å². The van der Waals surface area contributed by atoms with Crippen LogP contribution in [0, 0.1) is 5.82 Å². The number of thioether (sulfide) groups is 1. The molecular weight excluding hydrogens is 289 g/mol. The van der Waals surface area contributed by atoms with E-state index in [9.17, 15) is 4.39 Å². The number of aromatic nitrogens is 2. The number of nitrogens with one attached hydrogen (secondary N) is 1. The van der Waals surface area contributed by atoms with Gasteiger partial charge in [-0.3, -0.25) is 0 Å². The Morgan fingerprint density at radius 3 is 3.00 bits per heavy atom. The maximum atomic E-state index is 13.1. The Bertz CT molecular complexity index is 559. The summed E-state index contributed by atoms with van der Waals surface area (Å²) >= 11 is 1.50. The molecule has 1 N–H and O–H groups in total. The zero-order valence-electron chi connectivity index (χ0n) is 12.3. The highest BCUT2D eigenvalue weighted by molar-refractivity contribution is 7.98. The van der Waals surface area contributed by atoms with Gasteiger partial charge in [-0.25, -0.2) is 4.39 Å². The molecule has 0 aliphatic heterocycles. The van der Waals surface area contributed by atoms with Crippen molar-refractivity contribution in [3.05, 3.63) is 41.8 Å². The molecule has 6 heteroatoms. The first-order valence-corrected chi connectivity index (χ1v) is 8.05. The van der Waals surface area contributed by atoms with E-state index in [1.165, 1.54) is 23.9 Å². The average Bonchev–Trinajstić information content (AvgIpc) is 2.89. The highest BCUT2D eigenvalue weighted by Crippen LogP contribution is 2.22. The number of hydrogen-bond donors (Lipinski definition) is 1. The lowest BCUT2D eigenvalue weighted by atomic mass is 10.3. The minimum atomic E-state index is -0.230. The predicted molar refractivity (Wildman–Crippen MR) is 81.7 cm³/mol. The van der Waals surface area contributed by atoms with Crippen molar-refractivity contribution >= 4 is 11.8 Å². The number of nitrogens with zero attached hydrogens (tertiary/aromatic N) is 2. The lowest BCUT2D eigenvalue weighted by molar-refractivity contribution is 0.370. The Hall–Kier alpha value is -1.40. The van der Waals surface area contributed by atoms with Gasteiger partial charge < -0.3 is 9.84 Å². The van der Waals surface area contributed by atoms with Crippen molar-refractivity contribution in [2.75, 3.05) is 6.54 Å². The molecule has 0 atom stereocenters. The van der Waals surface area contributed by atoms with Gasteiger partial charge in [0.25, 0.3) is 0 Å². The lowest BCUT2D eigenvalue weighted by Gasteiger charge is -2.05. The molecule has 0 spiro atoms. The molecule has 0 aliphatic carbocycles. The Labute approximate surface area is 128 Å². The van der Waals surface area contributed by atoms with Crippen LogP contribution in [-0.2, 0) is 12.2 Å². The smallest absolute Gasteiger partial charge is 0.226 e. The van der Waals surface area contributed by atoms with Crippen molar-refractivity contribution in [1.82, 2.24) is 15.5 Å². The third kappa shape index (κ3) is 5.85. The SMILES string of the molecule is CC(C)NCCCc1nc(CSc2cccc(F)c2)no1. The fraction of sp³-hybridized carbons (Fsp3) is 0.467. The number of rotatable bonds is 8. The van der Waals surface area contributed by atoms with Crippen LogP contribution in [0.3, 0.4) is 0 Å². The highest BCUT2D eigenvalue weighted by Gasteiger charge is 2.07. The van der Waals surface area contributed by atoms with Crippen LogP contribution in [0.4, 0.5) is 4.39 Å². The van der Waals surface area contributed by atoms with E-state index < -0.39 is 0 Å². The summed E-state index contributed by atoms with van der Waals surface area (Å²) in [5, 5.41) is 7.29. The van der Waals surface area contributed by atoms with Crippen molar-refractivity contribution in [2.45, 2.75) is 43.4 Å². The molecule has 21 heavy (non-hydrogen) atoms. The van der Waals surface area contributed by atoms with Gasteiger partial charge in [0.1, 0.15) is 5.82 Å². The second-order valence-corrected chi connectivity index (χ2v) is 6.11. The van der Waals surface area contributed by atoms with Crippen molar-refractivity contribution in [3.8, 4) is 0 Å². The molecule has 0 fully saturated rings. The molecule has 0 unspecified atom stereocenters. The zero-order chi connectivity index (χ0) is 15.1. The van der Waals surface area contributed by atoms with Gasteiger partial charge in [-0.05, 0) is 31.2 Å². The first kappa shape index (κ1) is 16.0. The summed E-state index contributed by atoms with van der Waals surface area (Å²) < 4.78 is 18.3. The molecule has 0 aliphatic rings. The highest BCUT2D eigenvalue weighted by atomic mass is 32.2. The topological polar surface area (TPSA) is 51.0 Å². The van der Waals surface area contributed by atoms with E-state index in [2.05, 4.69) is 29.3 Å². The van der Waals surface area contributed by atoms with Crippen LogP contribution in [0.15, 0.2) is 33.7 Å². The van der Waals surface area contributed by atoms with Gasteiger partial charge in [-0.2, -0.15) is 4.98 Å². The molecule has 0 saturated carbocycles. The van der Waals surface area contributed by atoms with Crippen molar-refractivity contribution in [1.29, 1.82) is 0 Å². The zero-order valence-corrected chi connectivity index (χ0v) is 13.1. The summed E-state index contributed by atoms with van der Waals surface area (Å²) in [7, 11) is 0. The number of hydrogen-bond acceptors (Lipinski definition) is 5. The first-order valence-electron chi connectivity index (χ1n) is 7.06. The van der Waals surface area contributed by atoms with Crippen molar-refractivity contribution in [2.24, 2.45) is 0 Å². The molecular formula is C15H20FN3OS. The molecule has 1 aromatic heterocycles. The molecule has 114 valence electrons. The van der Waals surface area contributed by atoms with Crippen LogP contribution in [0.25, 0.3) is 0 Å². The van der Waals surface area contributed by atoms with E-state index >= 15 is 0 Å². The van der Waals surface area contributed by atoms with Gasteiger partial charge in [0.15, 0.2) is 5.82 Å². The lowest BCUT2D eigenvalue weighted by Crippen LogP contribution is -2.23. The molecule has 1 heterocycles. The Morgan fingerprint density at radius 1 is 1.38 bits per heavy atom. The van der Waals surface area contributed by atoms with Gasteiger partial charge in [0.05, 0.1) is 5.75 Å². The third-order valence-corrected chi connectivity index (χ3v) is 3.78. The Kier molecular flexibility index (Phi) is 6.20. The number of halogens is 1. The number of benzene rings is 1. The van der Waals surface area contributed by atoms with Gasteiger partial charge in [-0.15, -0.1) is 11.8 Å². The normalized spacial score (nSPS) is 11.2. The minimum absolute atomic E-state index is 0.230. The molecule has 2 rings (SSSR count). The van der Waals surface area contributed by atoms with Gasteiger partial charge in [-0.1, -0.05) is 25.1 Å². The first-order chi connectivity index (χ1) is 10.1. The van der Waals surface area contributed by atoms with E-state index in [1.807, 2.05) is 6.07 Å². The monoisotopic (exact) mass is 309 g/mol. The standard InChI is InChI=1S/C15H20FN3OS/c1-11(2)17-8-4-7-15-18-14(19-20-15)10-21-13-6-3-5-12(16)9-13/h3,5-6,9,11,17H,4,7-8,10H2,1-2H3. The quantitative estimate of drug-likeness (QED) is 0.598. The molecule has 4 nitrogen and oxygen atoms in total. The van der Waals surface area contributed by atoms with Crippen LogP contribution < -0.4 is 5.32 Å². The predicted octanol–water partition coefficient (Wildman–Crippen LogP) is 3.43. The van der Waals surface area contributed by atoms with E-state index in [1.54, 1.807) is 6.07 Å². The molecule has 2 aromatic rings. The molecule has 1 aromatic carbocycles. The maximum Gasteiger partial charge on any atom is 0.226 e. The molecule has 0 amide bonds. The van der Waals surface area contributed by atoms with Crippen LogP contribution in [0.1, 0.15) is 32.0 Å². The summed E-state index contributed by atoms with van der Waals surface area (Å²) in [5.74, 6) is 1.66. The molecule has 0 radical (unpaired) electrons. The Morgan fingerprint density at radius 2 is 2.24 bits per heavy atom. The second-order valence-electron chi connectivity index (χ2n) is 5.06. The molecule has 0 saturated heterocycles. The van der Waals surface area contributed by atoms with Crippen molar-refractivity contribution < 1.29 is 8.91 Å². The second kappa shape index (κ2) is 8.14. The van der Waals surface area contributed by atoms with E-state index in [4.69, 9.17) is 4.52 Å². The van der Waals surface area contributed by atoms with Crippen LogP contribution in [0.2, 0.25) is 0 Å². The Balaban J connectivity index is 1.75. The summed E-state index contributed by atoms with van der Waals surface area (Å²) in [5.41, 5.74) is 0. The summed E-state index contributed by atoms with van der Waals surface area (Å²) in [6.45, 7) is 5.18. The third-order valence-electron chi connectivity index (χ3n) is 2.79. The van der Waals surface area contributed by atoms with Crippen LogP contribution in [0.5, 0.6) is 0 Å². The fourth-order valence-corrected chi connectivity index (χ4v) is 2.57. The van der Waals surface area contributed by atoms with E-state index in [0.29, 0.717) is 23.5 Å². The minimum Gasteiger partial charge on any atom is -0.339 e. The molecule has 0 bridgehead atoms. The average molecular weight is 309 g/mol. The van der Waals surface area contributed by atoms with Gasteiger partial charge in [0, 0.05) is 17.4 Å². The van der Waals surface area contributed by atoms with Gasteiger partial charge >= 0.3 is 0 Å². The fourth-order valence-electron chi connectivity index (χ4n) is 1.79. The van der Waals surface area contributed by atoms with Crippen LogP contribution in [-0.4, -0.2) is 22.7 Å². The maximum absolute atomic E-state index is 13.1. The summed E-state index contributed by atoms with van der Waals surface area (Å²) in [6.07, 6.45) is 1.74. The van der Waals surface area contributed by atoms with Crippen LogP contribution >= 0.6 is 11.8 Å². The van der Waals surface area contributed by atoms with E-state index in [0.717, 1.165) is 24.3 Å². The number of aryl methyl sites for hydroxylation is 1. The summed E-state index contributed by atoms with van der Waals surface area (Å²) in [6, 6.07) is 6.99. The van der Waals surface area contributed by atoms with E-state index in [-0.39, 0.29) is 5.82 Å².